The lowest BCUT2D eigenvalue weighted by Gasteiger charge is -2.21. The smallest absolute Gasteiger partial charge is 0.290 e. The molecule has 0 aliphatic heterocycles. The number of aryl methyl sites for hydroxylation is 3. The highest BCUT2D eigenvalue weighted by molar-refractivity contribution is 7.89. The summed E-state index contributed by atoms with van der Waals surface area (Å²) in [7, 11) is -3.85. The molecule has 41 heavy (non-hydrogen) atoms. The monoisotopic (exact) mass is 589 g/mol. The summed E-state index contributed by atoms with van der Waals surface area (Å²) in [5, 5.41) is 4.60. The van der Waals surface area contributed by atoms with Crippen molar-refractivity contribution in [1.82, 2.24) is 19.1 Å². The fraction of sp³-hybridized carbons (Fsp3) is 0.167. The lowest BCUT2D eigenvalue weighted by molar-refractivity contribution is 0.0948. The average molecular weight is 590 g/mol. The maximum absolute atomic E-state index is 13.6. The molecule has 0 unspecified atom stereocenters. The molecular weight excluding hydrogens is 562 g/mol. The molecule has 0 bridgehead atoms. The van der Waals surface area contributed by atoms with Crippen molar-refractivity contribution in [2.24, 2.45) is 5.10 Å². The number of halogens is 1. The van der Waals surface area contributed by atoms with Crippen LogP contribution in [0.5, 0.6) is 0 Å². The van der Waals surface area contributed by atoms with Crippen molar-refractivity contribution in [3.05, 3.63) is 124 Å². The van der Waals surface area contributed by atoms with Crippen LogP contribution in [0.4, 0.5) is 0 Å². The summed E-state index contributed by atoms with van der Waals surface area (Å²) in [6.07, 6.45) is 3.20. The second-order valence-corrected chi connectivity index (χ2v) is 12.1. The number of pyridine rings is 1. The molecule has 0 aliphatic carbocycles. The molecule has 0 spiro atoms. The predicted molar refractivity (Wildman–Crippen MR) is 157 cm³/mol. The largest absolute Gasteiger partial charge is 0.459 e. The van der Waals surface area contributed by atoms with E-state index in [0.717, 1.165) is 16.7 Å². The first-order valence-electron chi connectivity index (χ1n) is 12.8. The lowest BCUT2D eigenvalue weighted by atomic mass is 10.2. The summed E-state index contributed by atoms with van der Waals surface area (Å²) in [4.78, 5) is 17.5. The number of carbonyl (C=O) groups excluding carboxylic acids is 1. The van der Waals surface area contributed by atoms with Crippen LogP contribution in [0.15, 0.2) is 93.4 Å². The molecule has 1 N–H and O–H groups in total. The zero-order chi connectivity index (χ0) is 29.1. The van der Waals surface area contributed by atoms with Gasteiger partial charge in [0.05, 0.1) is 23.3 Å². The Kier molecular flexibility index (Phi) is 8.07. The fourth-order valence-electron chi connectivity index (χ4n) is 4.35. The molecule has 0 radical (unpaired) electrons. The Balaban J connectivity index is 1.33. The number of sulfonamides is 1. The second kappa shape index (κ2) is 11.7. The molecule has 11 heteroatoms. The van der Waals surface area contributed by atoms with Crippen molar-refractivity contribution in [3.63, 3.8) is 0 Å². The van der Waals surface area contributed by atoms with Gasteiger partial charge in [-0.15, -0.1) is 0 Å². The number of carbonyl (C=O) groups is 1. The number of fused-ring (bicyclic) bond motifs is 1. The zero-order valence-electron chi connectivity index (χ0n) is 22.7. The molecule has 3 heterocycles. The van der Waals surface area contributed by atoms with E-state index in [4.69, 9.17) is 16.0 Å². The Labute approximate surface area is 243 Å². The molecule has 0 fully saturated rings. The van der Waals surface area contributed by atoms with E-state index >= 15 is 0 Å². The highest BCUT2D eigenvalue weighted by Crippen LogP contribution is 2.23. The molecule has 0 aliphatic rings. The third-order valence-corrected chi connectivity index (χ3v) is 8.52. The minimum absolute atomic E-state index is 0.0145. The van der Waals surface area contributed by atoms with Crippen molar-refractivity contribution in [3.8, 4) is 0 Å². The van der Waals surface area contributed by atoms with E-state index in [1.807, 2.05) is 32.2 Å². The van der Waals surface area contributed by atoms with E-state index in [2.05, 4.69) is 15.5 Å². The SMILES string of the molecule is Cc1ccc(S(=O)(=O)N(Cc2ccc(Cl)cc2)Cc2ccc(/C=N/NC(=O)c3c(C)nc4ccc(C)cn34)o2)cc1. The van der Waals surface area contributed by atoms with Crippen LogP contribution < -0.4 is 5.43 Å². The molecule has 1 amide bonds. The Morgan fingerprint density at radius 1 is 0.976 bits per heavy atom. The first-order valence-corrected chi connectivity index (χ1v) is 14.6. The van der Waals surface area contributed by atoms with E-state index in [1.54, 1.807) is 72.0 Å². The van der Waals surface area contributed by atoms with Crippen LogP contribution >= 0.6 is 11.6 Å². The predicted octanol–water partition coefficient (Wildman–Crippen LogP) is 5.66. The summed E-state index contributed by atoms with van der Waals surface area (Å²) in [6, 6.07) is 20.8. The van der Waals surface area contributed by atoms with Gasteiger partial charge in [0.2, 0.25) is 10.0 Å². The molecule has 210 valence electrons. The van der Waals surface area contributed by atoms with E-state index in [-0.39, 0.29) is 18.0 Å². The molecule has 9 nitrogen and oxygen atoms in total. The molecule has 0 saturated carbocycles. The summed E-state index contributed by atoms with van der Waals surface area (Å²) in [5.41, 5.74) is 6.88. The van der Waals surface area contributed by atoms with Crippen LogP contribution in [0.1, 0.15) is 44.4 Å². The maximum atomic E-state index is 13.6. The molecule has 5 aromatic rings. The minimum atomic E-state index is -3.85. The van der Waals surface area contributed by atoms with E-state index in [1.165, 1.54) is 10.5 Å². The quantitative estimate of drug-likeness (QED) is 0.176. The number of nitrogens with zero attached hydrogens (tertiary/aromatic N) is 4. The van der Waals surface area contributed by atoms with Gasteiger partial charge in [-0.3, -0.25) is 9.20 Å². The van der Waals surface area contributed by atoms with Gasteiger partial charge in [-0.05, 0) is 74.4 Å². The van der Waals surface area contributed by atoms with Gasteiger partial charge in [0.15, 0.2) is 0 Å². The summed E-state index contributed by atoms with van der Waals surface area (Å²) in [5.74, 6) is 0.350. The van der Waals surface area contributed by atoms with Crippen LogP contribution in [0.3, 0.4) is 0 Å². The van der Waals surface area contributed by atoms with Crippen molar-refractivity contribution in [1.29, 1.82) is 0 Å². The zero-order valence-corrected chi connectivity index (χ0v) is 24.3. The Morgan fingerprint density at radius 2 is 1.68 bits per heavy atom. The number of nitrogens with one attached hydrogen (secondary N) is 1. The number of amides is 1. The number of furan rings is 1. The van der Waals surface area contributed by atoms with Crippen LogP contribution in [0.25, 0.3) is 5.65 Å². The Bertz CT molecular complexity index is 1840. The molecular formula is C30H28ClN5O4S. The Morgan fingerprint density at radius 3 is 2.41 bits per heavy atom. The van der Waals surface area contributed by atoms with Crippen LogP contribution in [0.2, 0.25) is 5.02 Å². The number of benzene rings is 2. The van der Waals surface area contributed by atoms with Crippen molar-refractivity contribution >= 4 is 39.4 Å². The highest BCUT2D eigenvalue weighted by atomic mass is 35.5. The van der Waals surface area contributed by atoms with E-state index < -0.39 is 15.9 Å². The fourth-order valence-corrected chi connectivity index (χ4v) is 5.87. The van der Waals surface area contributed by atoms with Crippen molar-refractivity contribution in [2.75, 3.05) is 0 Å². The summed E-state index contributed by atoms with van der Waals surface area (Å²) >= 11 is 6.02. The lowest BCUT2D eigenvalue weighted by Crippen LogP contribution is -2.30. The number of hydrogen-bond donors (Lipinski definition) is 1. The first-order chi connectivity index (χ1) is 19.6. The first kappa shape index (κ1) is 28.3. The Hall–Kier alpha value is -4.25. The number of imidazole rings is 1. The molecule has 2 aromatic carbocycles. The van der Waals surface area contributed by atoms with Gasteiger partial charge >= 0.3 is 0 Å². The molecule has 0 atom stereocenters. The highest BCUT2D eigenvalue weighted by Gasteiger charge is 2.26. The minimum Gasteiger partial charge on any atom is -0.459 e. The van der Waals surface area contributed by atoms with Gasteiger partial charge in [0.25, 0.3) is 5.91 Å². The molecule has 3 aromatic heterocycles. The summed E-state index contributed by atoms with van der Waals surface area (Å²) < 4.78 is 36.1. The van der Waals surface area contributed by atoms with Gasteiger partial charge in [0, 0.05) is 17.8 Å². The van der Waals surface area contributed by atoms with E-state index in [9.17, 15) is 13.2 Å². The summed E-state index contributed by atoms with van der Waals surface area (Å²) in [6.45, 7) is 5.70. The van der Waals surface area contributed by atoms with Gasteiger partial charge < -0.3 is 4.42 Å². The third-order valence-electron chi connectivity index (χ3n) is 6.46. The standard InChI is InChI=1S/C30H28ClN5O4S/c1-20-4-13-27(14-5-20)41(38,39)35(18-23-7-9-24(31)10-8-23)19-26-12-11-25(40-26)16-32-34-30(37)29-22(3)33-28-15-6-21(2)17-36(28)29/h4-17H,18-19H2,1-3H3,(H,34,37)/b32-16+. The maximum Gasteiger partial charge on any atom is 0.290 e. The van der Waals surface area contributed by atoms with Gasteiger partial charge in [-0.1, -0.05) is 47.5 Å². The number of aromatic nitrogens is 2. The van der Waals surface area contributed by atoms with Crippen LogP contribution in [-0.2, 0) is 23.1 Å². The second-order valence-electron chi connectivity index (χ2n) is 9.70. The molecule has 5 rings (SSSR count). The van der Waals surface area contributed by atoms with Crippen LogP contribution in [-0.4, -0.2) is 34.2 Å². The average Bonchev–Trinajstić information content (AvgIpc) is 3.52. The van der Waals surface area contributed by atoms with Crippen molar-refractivity contribution < 1.29 is 17.6 Å². The van der Waals surface area contributed by atoms with Gasteiger partial charge in [-0.25, -0.2) is 18.8 Å². The number of hydrazone groups is 1. The number of rotatable bonds is 9. The molecule has 0 saturated heterocycles. The third kappa shape index (κ3) is 6.40. The number of hydrogen-bond acceptors (Lipinski definition) is 6. The normalized spacial score (nSPS) is 12.0. The topological polar surface area (TPSA) is 109 Å². The van der Waals surface area contributed by atoms with E-state index in [0.29, 0.717) is 33.6 Å². The van der Waals surface area contributed by atoms with Crippen molar-refractivity contribution in [2.45, 2.75) is 38.8 Å². The van der Waals surface area contributed by atoms with Gasteiger partial charge in [0.1, 0.15) is 22.9 Å². The van der Waals surface area contributed by atoms with Gasteiger partial charge in [-0.2, -0.15) is 9.41 Å². The van der Waals surface area contributed by atoms with Crippen LogP contribution in [0, 0.1) is 20.8 Å².